The van der Waals surface area contributed by atoms with Gasteiger partial charge in [0.25, 0.3) is 0 Å². The SMILES string of the molecule is CC(C)(CCCO)CNc1cc(Cl)nc(C(F)(F)F)n1. The average molecular weight is 312 g/mol. The van der Waals surface area contributed by atoms with Crippen molar-refractivity contribution in [1.82, 2.24) is 9.97 Å². The highest BCUT2D eigenvalue weighted by Crippen LogP contribution is 2.29. The zero-order valence-corrected chi connectivity index (χ0v) is 12.0. The van der Waals surface area contributed by atoms with Crippen LogP contribution in [0.4, 0.5) is 19.0 Å². The Hall–Kier alpha value is -1.08. The van der Waals surface area contributed by atoms with E-state index in [9.17, 15) is 13.2 Å². The summed E-state index contributed by atoms with van der Waals surface area (Å²) in [5.74, 6) is -1.23. The number of hydrogen-bond acceptors (Lipinski definition) is 4. The van der Waals surface area contributed by atoms with Gasteiger partial charge in [-0.3, -0.25) is 0 Å². The third-order valence-electron chi connectivity index (χ3n) is 2.71. The van der Waals surface area contributed by atoms with E-state index in [4.69, 9.17) is 16.7 Å². The first-order valence-corrected chi connectivity index (χ1v) is 6.48. The van der Waals surface area contributed by atoms with Gasteiger partial charge in [-0.25, -0.2) is 9.97 Å². The van der Waals surface area contributed by atoms with E-state index >= 15 is 0 Å². The molecule has 1 rings (SSSR count). The number of aliphatic hydroxyl groups excluding tert-OH is 1. The molecule has 0 aromatic carbocycles. The first-order valence-electron chi connectivity index (χ1n) is 6.10. The molecule has 1 aromatic heterocycles. The minimum Gasteiger partial charge on any atom is -0.396 e. The van der Waals surface area contributed by atoms with Crippen molar-refractivity contribution in [3.05, 3.63) is 17.0 Å². The van der Waals surface area contributed by atoms with Crippen LogP contribution in [0.2, 0.25) is 5.15 Å². The summed E-state index contributed by atoms with van der Waals surface area (Å²) in [5.41, 5.74) is -0.182. The number of hydrogen-bond donors (Lipinski definition) is 2. The zero-order chi connectivity index (χ0) is 15.4. The van der Waals surface area contributed by atoms with Gasteiger partial charge < -0.3 is 10.4 Å². The highest BCUT2D eigenvalue weighted by Gasteiger charge is 2.35. The number of nitrogens with one attached hydrogen (secondary N) is 1. The van der Waals surface area contributed by atoms with Crippen LogP contribution in [0.5, 0.6) is 0 Å². The van der Waals surface area contributed by atoms with Gasteiger partial charge in [-0.15, -0.1) is 0 Å². The molecular formula is C12H17ClF3N3O. The van der Waals surface area contributed by atoms with Crippen molar-refractivity contribution in [2.24, 2.45) is 5.41 Å². The number of aliphatic hydroxyl groups is 1. The summed E-state index contributed by atoms with van der Waals surface area (Å²) in [4.78, 5) is 6.56. The summed E-state index contributed by atoms with van der Waals surface area (Å²) in [6.45, 7) is 4.39. The molecule has 1 aromatic rings. The predicted octanol–water partition coefficient (Wildman–Crippen LogP) is 3.36. The van der Waals surface area contributed by atoms with Gasteiger partial charge >= 0.3 is 6.18 Å². The fraction of sp³-hybridized carbons (Fsp3) is 0.667. The fourth-order valence-corrected chi connectivity index (χ4v) is 1.79. The van der Waals surface area contributed by atoms with Crippen molar-refractivity contribution in [2.45, 2.75) is 32.9 Å². The highest BCUT2D eigenvalue weighted by molar-refractivity contribution is 6.29. The molecule has 0 radical (unpaired) electrons. The molecule has 0 aliphatic carbocycles. The van der Waals surface area contributed by atoms with Crippen molar-refractivity contribution < 1.29 is 18.3 Å². The summed E-state index contributed by atoms with van der Waals surface area (Å²) < 4.78 is 37.6. The van der Waals surface area contributed by atoms with Crippen molar-refractivity contribution in [1.29, 1.82) is 0 Å². The minimum absolute atomic E-state index is 0.0365. The maximum atomic E-state index is 12.5. The van der Waals surface area contributed by atoms with Crippen molar-refractivity contribution in [3.63, 3.8) is 0 Å². The maximum absolute atomic E-state index is 12.5. The average Bonchev–Trinajstić information content (AvgIpc) is 2.32. The molecule has 0 saturated carbocycles. The molecule has 114 valence electrons. The molecule has 0 atom stereocenters. The lowest BCUT2D eigenvalue weighted by Gasteiger charge is -2.25. The molecule has 0 bridgehead atoms. The normalized spacial score (nSPS) is 12.6. The molecule has 20 heavy (non-hydrogen) atoms. The number of nitrogens with zero attached hydrogens (tertiary/aromatic N) is 2. The maximum Gasteiger partial charge on any atom is 0.451 e. The van der Waals surface area contributed by atoms with Gasteiger partial charge in [0.15, 0.2) is 0 Å². The van der Waals surface area contributed by atoms with E-state index in [0.29, 0.717) is 13.0 Å². The van der Waals surface area contributed by atoms with E-state index in [1.54, 1.807) is 0 Å². The van der Waals surface area contributed by atoms with E-state index in [1.165, 1.54) is 6.07 Å². The molecule has 0 saturated heterocycles. The lowest BCUT2D eigenvalue weighted by molar-refractivity contribution is -0.144. The predicted molar refractivity (Wildman–Crippen MR) is 70.6 cm³/mol. The van der Waals surface area contributed by atoms with E-state index < -0.39 is 12.0 Å². The van der Waals surface area contributed by atoms with E-state index in [1.807, 2.05) is 13.8 Å². The number of rotatable bonds is 6. The van der Waals surface area contributed by atoms with Crippen LogP contribution in [0.25, 0.3) is 0 Å². The molecule has 0 fully saturated rings. The summed E-state index contributed by atoms with van der Waals surface area (Å²) >= 11 is 5.57. The fourth-order valence-electron chi connectivity index (χ4n) is 1.61. The highest BCUT2D eigenvalue weighted by atomic mass is 35.5. The first-order chi connectivity index (χ1) is 9.14. The summed E-state index contributed by atoms with van der Waals surface area (Å²) in [6.07, 6.45) is -3.26. The number of aromatic nitrogens is 2. The third-order valence-corrected chi connectivity index (χ3v) is 2.90. The topological polar surface area (TPSA) is 58.0 Å². The van der Waals surface area contributed by atoms with Crippen LogP contribution in [0.3, 0.4) is 0 Å². The lowest BCUT2D eigenvalue weighted by atomic mass is 9.88. The van der Waals surface area contributed by atoms with E-state index in [2.05, 4.69) is 15.3 Å². The first kappa shape index (κ1) is 17.0. The molecular weight excluding hydrogens is 295 g/mol. The lowest BCUT2D eigenvalue weighted by Crippen LogP contribution is -2.24. The van der Waals surface area contributed by atoms with Gasteiger partial charge in [0.1, 0.15) is 11.0 Å². The molecule has 8 heteroatoms. The summed E-state index contributed by atoms with van der Waals surface area (Å²) in [5, 5.41) is 11.4. The Morgan fingerprint density at radius 3 is 2.50 bits per heavy atom. The number of alkyl halides is 3. The Kier molecular flexibility index (Phi) is 5.59. The van der Waals surface area contributed by atoms with Gasteiger partial charge in [-0.2, -0.15) is 13.2 Å². The standard InChI is InChI=1S/C12H17ClF3N3O/c1-11(2,4-3-5-20)7-17-9-6-8(13)18-10(19-9)12(14,15)16/h6,20H,3-5,7H2,1-2H3,(H,17,18,19). The molecule has 1 heterocycles. The Labute approximate surface area is 120 Å². The Morgan fingerprint density at radius 2 is 1.95 bits per heavy atom. The third kappa shape index (κ3) is 5.50. The van der Waals surface area contributed by atoms with Crippen LogP contribution in [0, 0.1) is 5.41 Å². The largest absolute Gasteiger partial charge is 0.451 e. The molecule has 4 nitrogen and oxygen atoms in total. The molecule has 2 N–H and O–H groups in total. The van der Waals surface area contributed by atoms with E-state index in [0.717, 1.165) is 6.42 Å². The minimum atomic E-state index is -4.63. The number of anilines is 1. The second-order valence-electron chi connectivity index (χ2n) is 5.24. The Morgan fingerprint density at radius 1 is 1.30 bits per heavy atom. The van der Waals surface area contributed by atoms with Crippen molar-refractivity contribution >= 4 is 17.4 Å². The zero-order valence-electron chi connectivity index (χ0n) is 11.3. The Balaban J connectivity index is 2.76. The second-order valence-corrected chi connectivity index (χ2v) is 5.63. The monoisotopic (exact) mass is 311 g/mol. The molecule has 0 unspecified atom stereocenters. The molecule has 0 amide bonds. The van der Waals surface area contributed by atoms with Crippen molar-refractivity contribution in [3.8, 4) is 0 Å². The second kappa shape index (κ2) is 6.58. The van der Waals surface area contributed by atoms with Crippen LogP contribution in [0.1, 0.15) is 32.5 Å². The molecule has 0 aliphatic heterocycles. The van der Waals surface area contributed by atoms with Crippen LogP contribution < -0.4 is 5.32 Å². The van der Waals surface area contributed by atoms with Gasteiger partial charge in [0, 0.05) is 19.2 Å². The van der Waals surface area contributed by atoms with Crippen LogP contribution in [0.15, 0.2) is 6.07 Å². The van der Waals surface area contributed by atoms with Crippen LogP contribution in [-0.4, -0.2) is 28.2 Å². The Bertz CT molecular complexity index is 452. The van der Waals surface area contributed by atoms with Crippen LogP contribution in [-0.2, 0) is 6.18 Å². The molecule has 0 spiro atoms. The van der Waals surface area contributed by atoms with Gasteiger partial charge in [0.05, 0.1) is 0 Å². The summed E-state index contributed by atoms with van der Waals surface area (Å²) in [6, 6.07) is 1.25. The quantitative estimate of drug-likeness (QED) is 0.791. The number of halogens is 4. The summed E-state index contributed by atoms with van der Waals surface area (Å²) in [7, 11) is 0. The van der Waals surface area contributed by atoms with E-state index in [-0.39, 0.29) is 23.0 Å². The van der Waals surface area contributed by atoms with Gasteiger partial charge in [-0.05, 0) is 18.3 Å². The van der Waals surface area contributed by atoms with Crippen LogP contribution >= 0.6 is 11.6 Å². The smallest absolute Gasteiger partial charge is 0.396 e. The van der Waals surface area contributed by atoms with Gasteiger partial charge in [-0.1, -0.05) is 25.4 Å². The van der Waals surface area contributed by atoms with Gasteiger partial charge in [0.2, 0.25) is 5.82 Å². The van der Waals surface area contributed by atoms with Crippen molar-refractivity contribution in [2.75, 3.05) is 18.5 Å². The molecule has 0 aliphatic rings.